The van der Waals surface area contributed by atoms with Gasteiger partial charge in [-0.15, -0.1) is 10.2 Å². The molecule has 3 rings (SSSR count). The van der Waals surface area contributed by atoms with Gasteiger partial charge in [0, 0.05) is 6.08 Å². The van der Waals surface area contributed by atoms with Gasteiger partial charge in [-0.2, -0.15) is 0 Å². The van der Waals surface area contributed by atoms with Crippen molar-refractivity contribution < 1.29 is 13.4 Å². The van der Waals surface area contributed by atoms with Gasteiger partial charge in [0.2, 0.25) is 15.4 Å². The molecule has 1 N–H and O–H groups in total. The molecular weight excluding hydrogens is 346 g/mol. The second-order valence-electron chi connectivity index (χ2n) is 4.69. The molecular formula is C16H13N3O3S2. The van der Waals surface area contributed by atoms with Crippen molar-refractivity contribution in [1.82, 2.24) is 10.2 Å². The van der Waals surface area contributed by atoms with Gasteiger partial charge in [-0.3, -0.25) is 14.3 Å². The molecule has 24 heavy (non-hydrogen) atoms. The van der Waals surface area contributed by atoms with E-state index in [0.29, 0.717) is 21.0 Å². The molecule has 0 radical (unpaired) electrons. The largest absolute Gasteiger partial charge is 0.465 e. The molecule has 2 aromatic heterocycles. The van der Waals surface area contributed by atoms with Crippen LogP contribution in [0.4, 0.5) is 5.13 Å². The van der Waals surface area contributed by atoms with Crippen molar-refractivity contribution >= 4 is 39.3 Å². The maximum atomic E-state index is 12.3. The molecule has 122 valence electrons. The summed E-state index contributed by atoms with van der Waals surface area (Å²) in [5.74, 6) is 0.581. The summed E-state index contributed by atoms with van der Waals surface area (Å²) in [6, 6.07) is 13.0. The van der Waals surface area contributed by atoms with Crippen LogP contribution in [0.1, 0.15) is 11.3 Å². The second-order valence-corrected chi connectivity index (χ2v) is 7.29. The number of hydrogen-bond acceptors (Lipinski definition) is 6. The molecule has 8 heteroatoms. The van der Waals surface area contributed by atoms with Crippen molar-refractivity contribution in [1.29, 1.82) is 0 Å². The zero-order valence-corrected chi connectivity index (χ0v) is 14.0. The molecule has 0 bridgehead atoms. The Morgan fingerprint density at radius 2 is 2.04 bits per heavy atom. The van der Waals surface area contributed by atoms with Gasteiger partial charge in [-0.1, -0.05) is 41.7 Å². The van der Waals surface area contributed by atoms with Gasteiger partial charge < -0.3 is 4.42 Å². The Morgan fingerprint density at radius 3 is 2.79 bits per heavy atom. The number of rotatable bonds is 6. The highest BCUT2D eigenvalue weighted by molar-refractivity contribution is 7.86. The minimum Gasteiger partial charge on any atom is -0.465 e. The van der Waals surface area contributed by atoms with E-state index in [-0.39, 0.29) is 5.91 Å². The average Bonchev–Trinajstić information content (AvgIpc) is 3.25. The molecule has 0 aliphatic heterocycles. The van der Waals surface area contributed by atoms with Crippen molar-refractivity contribution in [2.45, 2.75) is 10.1 Å². The maximum Gasteiger partial charge on any atom is 0.250 e. The van der Waals surface area contributed by atoms with Crippen LogP contribution in [0.5, 0.6) is 0 Å². The first-order valence-electron chi connectivity index (χ1n) is 6.99. The predicted octanol–water partition coefficient (Wildman–Crippen LogP) is 3.09. The zero-order valence-electron chi connectivity index (χ0n) is 12.4. The third-order valence-electron chi connectivity index (χ3n) is 2.91. The first-order chi connectivity index (χ1) is 11.7. The van der Waals surface area contributed by atoms with Crippen molar-refractivity contribution in [2.24, 2.45) is 0 Å². The number of nitrogens with zero attached hydrogens (tertiary/aromatic N) is 2. The van der Waals surface area contributed by atoms with Gasteiger partial charge in [0.15, 0.2) is 0 Å². The van der Waals surface area contributed by atoms with E-state index in [0.717, 1.165) is 16.9 Å². The highest BCUT2D eigenvalue weighted by atomic mass is 32.2. The Balaban J connectivity index is 1.59. The number of amides is 1. The van der Waals surface area contributed by atoms with Crippen LogP contribution < -0.4 is 5.32 Å². The summed E-state index contributed by atoms with van der Waals surface area (Å²) < 4.78 is 17.7. The maximum absolute atomic E-state index is 12.3. The van der Waals surface area contributed by atoms with Gasteiger partial charge in [0.25, 0.3) is 0 Å². The Labute approximate surface area is 144 Å². The fourth-order valence-corrected chi connectivity index (χ4v) is 3.85. The van der Waals surface area contributed by atoms with E-state index in [1.807, 2.05) is 30.3 Å². The zero-order chi connectivity index (χ0) is 16.8. The Bertz CT molecular complexity index is 858. The van der Waals surface area contributed by atoms with Crippen LogP contribution in [-0.4, -0.2) is 20.3 Å². The number of carbonyl (C=O) groups excluding carboxylic acids is 1. The highest BCUT2D eigenvalue weighted by Gasteiger charge is 2.13. The fourth-order valence-electron chi connectivity index (χ4n) is 1.83. The van der Waals surface area contributed by atoms with Gasteiger partial charge >= 0.3 is 0 Å². The Morgan fingerprint density at radius 1 is 1.21 bits per heavy atom. The fraction of sp³-hybridized carbons (Fsp3) is 0.0625. The van der Waals surface area contributed by atoms with Crippen LogP contribution in [0.3, 0.4) is 0 Å². The predicted molar refractivity (Wildman–Crippen MR) is 92.8 cm³/mol. The first kappa shape index (κ1) is 16.3. The number of nitrogens with one attached hydrogen (secondary N) is 1. The lowest BCUT2D eigenvalue weighted by atomic mass is 10.2. The van der Waals surface area contributed by atoms with Gasteiger partial charge in [-0.25, -0.2) is 0 Å². The molecule has 1 atom stereocenters. The van der Waals surface area contributed by atoms with E-state index in [1.165, 1.54) is 12.3 Å². The molecule has 0 aliphatic carbocycles. The number of hydrogen-bond donors (Lipinski definition) is 1. The van der Waals surface area contributed by atoms with E-state index in [2.05, 4.69) is 15.5 Å². The van der Waals surface area contributed by atoms with Crippen molar-refractivity contribution in [2.75, 3.05) is 5.32 Å². The summed E-state index contributed by atoms with van der Waals surface area (Å²) in [5.41, 5.74) is 0.956. The van der Waals surface area contributed by atoms with E-state index in [9.17, 15) is 9.00 Å². The molecule has 6 nitrogen and oxygen atoms in total. The minimum atomic E-state index is -1.30. The normalized spacial score (nSPS) is 12.3. The van der Waals surface area contributed by atoms with Gasteiger partial charge in [0.05, 0.1) is 22.8 Å². The van der Waals surface area contributed by atoms with Crippen LogP contribution in [0.25, 0.3) is 6.08 Å². The van der Waals surface area contributed by atoms with Crippen molar-refractivity contribution in [3.8, 4) is 0 Å². The number of benzene rings is 1. The third-order valence-corrected chi connectivity index (χ3v) is 5.42. The number of aromatic nitrogens is 2. The molecule has 0 saturated heterocycles. The number of anilines is 1. The summed E-state index contributed by atoms with van der Waals surface area (Å²) in [4.78, 5) is 11.8. The number of furan rings is 1. The summed E-state index contributed by atoms with van der Waals surface area (Å²) in [5, 5.41) is 10.6. The molecule has 1 unspecified atom stereocenters. The Hall–Kier alpha value is -2.58. The van der Waals surface area contributed by atoms with Gasteiger partial charge in [0.1, 0.15) is 5.76 Å². The van der Waals surface area contributed by atoms with Crippen molar-refractivity contribution in [3.05, 3.63) is 66.1 Å². The summed E-state index contributed by atoms with van der Waals surface area (Å²) in [6.45, 7) is 0. The van der Waals surface area contributed by atoms with E-state index in [4.69, 9.17) is 4.42 Å². The minimum absolute atomic E-state index is 0.306. The van der Waals surface area contributed by atoms with Gasteiger partial charge in [-0.05, 0) is 23.8 Å². The highest BCUT2D eigenvalue weighted by Crippen LogP contribution is 2.20. The molecule has 1 aromatic carbocycles. The molecule has 2 heterocycles. The lowest BCUT2D eigenvalue weighted by Crippen LogP contribution is -2.07. The smallest absolute Gasteiger partial charge is 0.250 e. The molecule has 3 aromatic rings. The van der Waals surface area contributed by atoms with Crippen LogP contribution in [0.15, 0.2) is 63.6 Å². The lowest BCUT2D eigenvalue weighted by molar-refractivity contribution is -0.111. The quantitative estimate of drug-likeness (QED) is 0.540. The van der Waals surface area contributed by atoms with Crippen molar-refractivity contribution in [3.63, 3.8) is 0 Å². The summed E-state index contributed by atoms with van der Waals surface area (Å²) in [6.07, 6.45) is 4.41. The monoisotopic (exact) mass is 359 g/mol. The summed E-state index contributed by atoms with van der Waals surface area (Å²) in [7, 11) is -1.30. The SMILES string of the molecule is O=C(C=Cc1ccco1)Nc1nnc(S(=O)Cc2ccccc2)s1. The van der Waals surface area contributed by atoms with E-state index in [1.54, 1.807) is 18.2 Å². The van der Waals surface area contributed by atoms with Crippen LogP contribution in [0, 0.1) is 0 Å². The molecule has 0 spiro atoms. The van der Waals surface area contributed by atoms with E-state index < -0.39 is 10.8 Å². The van der Waals surface area contributed by atoms with Crippen LogP contribution in [-0.2, 0) is 21.3 Å². The first-order valence-corrected chi connectivity index (χ1v) is 9.12. The molecule has 0 fully saturated rings. The summed E-state index contributed by atoms with van der Waals surface area (Å²) >= 11 is 1.10. The van der Waals surface area contributed by atoms with Crippen LogP contribution >= 0.6 is 11.3 Å². The van der Waals surface area contributed by atoms with Crippen LogP contribution in [0.2, 0.25) is 0 Å². The molecule has 1 amide bonds. The van der Waals surface area contributed by atoms with E-state index >= 15 is 0 Å². The average molecular weight is 359 g/mol. The topological polar surface area (TPSA) is 85.1 Å². The molecule has 0 aliphatic rings. The number of carbonyl (C=O) groups is 1. The Kier molecular flexibility index (Phi) is 5.29. The standard InChI is InChI=1S/C16H13N3O3S2/c20-14(9-8-13-7-4-10-22-13)17-15-18-19-16(23-15)24(21)11-12-5-2-1-3-6-12/h1-10H,11H2,(H,17,18,20). The second kappa shape index (κ2) is 7.80. The third kappa shape index (κ3) is 4.46. The lowest BCUT2D eigenvalue weighted by Gasteiger charge is -1.97. The molecule has 0 saturated carbocycles.